The fraction of sp³-hybridized carbons (Fsp3) is 0.360. The summed E-state index contributed by atoms with van der Waals surface area (Å²) in [5, 5.41) is 13.2. The molecule has 0 radical (unpaired) electrons. The topological polar surface area (TPSA) is 107 Å². The van der Waals surface area contributed by atoms with E-state index < -0.39 is 6.04 Å². The Hall–Kier alpha value is -3.76. The summed E-state index contributed by atoms with van der Waals surface area (Å²) in [6, 6.07) is 15.1. The van der Waals surface area contributed by atoms with Crippen LogP contribution >= 0.6 is 0 Å². The second kappa shape index (κ2) is 11.1. The molecule has 1 atom stereocenters. The summed E-state index contributed by atoms with van der Waals surface area (Å²) < 4.78 is 17.8. The van der Waals surface area contributed by atoms with Crippen molar-refractivity contribution in [2.24, 2.45) is 0 Å². The first-order valence-electron chi connectivity index (χ1n) is 11.4. The zero-order valence-electron chi connectivity index (χ0n) is 20.4. The maximum absolute atomic E-state index is 13.5. The number of methoxy groups -OCH3 is 3. The molecule has 2 heterocycles. The van der Waals surface area contributed by atoms with Gasteiger partial charge in [0.15, 0.2) is 17.3 Å². The van der Waals surface area contributed by atoms with E-state index in [4.69, 9.17) is 14.2 Å². The van der Waals surface area contributed by atoms with Gasteiger partial charge in [-0.1, -0.05) is 37.3 Å². The molecular formula is C25H30N6O4. The lowest BCUT2D eigenvalue weighted by Crippen LogP contribution is -2.35. The van der Waals surface area contributed by atoms with Crippen LogP contribution in [0.25, 0.3) is 10.9 Å². The molecule has 35 heavy (non-hydrogen) atoms. The van der Waals surface area contributed by atoms with E-state index in [9.17, 15) is 4.79 Å². The van der Waals surface area contributed by atoms with E-state index >= 15 is 0 Å². The molecule has 4 aromatic rings. The number of aromatic amines is 1. The van der Waals surface area contributed by atoms with Crippen LogP contribution in [-0.4, -0.2) is 64.6 Å². The number of pyridine rings is 1. The number of hydrogen-bond donors (Lipinski definition) is 1. The Bertz CT molecular complexity index is 1320. The van der Waals surface area contributed by atoms with Gasteiger partial charge in [-0.05, 0) is 34.7 Å². The summed E-state index contributed by atoms with van der Waals surface area (Å²) in [7, 11) is 4.78. The number of tetrazole rings is 1. The highest BCUT2D eigenvalue weighted by atomic mass is 16.5. The molecule has 184 valence electrons. The monoisotopic (exact) mass is 478 g/mol. The van der Waals surface area contributed by atoms with Crippen LogP contribution in [0.4, 0.5) is 0 Å². The van der Waals surface area contributed by atoms with Crippen molar-refractivity contribution in [3.8, 4) is 11.5 Å². The fourth-order valence-corrected chi connectivity index (χ4v) is 4.20. The summed E-state index contributed by atoms with van der Waals surface area (Å²) in [5.41, 5.74) is 2.10. The van der Waals surface area contributed by atoms with Crippen LogP contribution in [0.5, 0.6) is 11.5 Å². The van der Waals surface area contributed by atoms with Crippen molar-refractivity contribution >= 4 is 10.9 Å². The average molecular weight is 479 g/mol. The molecule has 0 spiro atoms. The smallest absolute Gasteiger partial charge is 0.253 e. The summed E-state index contributed by atoms with van der Waals surface area (Å²) >= 11 is 0. The van der Waals surface area contributed by atoms with E-state index in [1.807, 2.05) is 30.3 Å². The Kier molecular flexibility index (Phi) is 7.74. The predicted octanol–water partition coefficient (Wildman–Crippen LogP) is 2.79. The van der Waals surface area contributed by atoms with E-state index in [0.29, 0.717) is 54.6 Å². The van der Waals surface area contributed by atoms with Gasteiger partial charge < -0.3 is 19.2 Å². The number of benzene rings is 2. The Morgan fingerprint density at radius 1 is 1.06 bits per heavy atom. The van der Waals surface area contributed by atoms with Crippen molar-refractivity contribution in [3.63, 3.8) is 0 Å². The minimum absolute atomic E-state index is 0.220. The number of rotatable bonds is 11. The molecule has 0 saturated carbocycles. The van der Waals surface area contributed by atoms with Crippen LogP contribution in [0.3, 0.4) is 0 Å². The third kappa shape index (κ3) is 5.18. The first kappa shape index (κ1) is 24.4. The minimum atomic E-state index is -0.492. The van der Waals surface area contributed by atoms with E-state index in [2.05, 4.69) is 44.5 Å². The van der Waals surface area contributed by atoms with E-state index in [-0.39, 0.29) is 5.56 Å². The first-order chi connectivity index (χ1) is 17.1. The molecule has 0 fully saturated rings. The second-order valence-corrected chi connectivity index (χ2v) is 8.05. The van der Waals surface area contributed by atoms with E-state index in [1.54, 1.807) is 32.1 Å². The highest BCUT2D eigenvalue weighted by Crippen LogP contribution is 2.33. The quantitative estimate of drug-likeness (QED) is 0.351. The zero-order valence-corrected chi connectivity index (χ0v) is 20.4. The van der Waals surface area contributed by atoms with Gasteiger partial charge in [-0.15, -0.1) is 5.10 Å². The number of nitrogens with zero attached hydrogens (tertiary/aromatic N) is 5. The maximum atomic E-state index is 13.5. The zero-order chi connectivity index (χ0) is 24.8. The molecule has 0 aliphatic heterocycles. The molecule has 0 saturated heterocycles. The number of nitrogens with one attached hydrogen (secondary N) is 1. The van der Waals surface area contributed by atoms with Crippen molar-refractivity contribution < 1.29 is 14.2 Å². The standard InChI is InChI=1S/C25H30N6O4/c1-5-30(16-17-9-7-6-8-10-17)23(24-27-28-29-31(24)11-12-33-2)19-13-18-14-21(34-3)22(35-4)15-20(18)26-25(19)32/h6-10,13-15,23H,5,11-12,16H2,1-4H3,(H,26,32)/t23-/m0/s1. The first-order valence-corrected chi connectivity index (χ1v) is 11.4. The molecule has 2 aromatic heterocycles. The Labute approximate surface area is 203 Å². The highest BCUT2D eigenvalue weighted by Gasteiger charge is 2.30. The van der Waals surface area contributed by atoms with Gasteiger partial charge in [0.25, 0.3) is 5.56 Å². The van der Waals surface area contributed by atoms with Crippen LogP contribution in [0.1, 0.15) is 29.9 Å². The largest absolute Gasteiger partial charge is 0.493 e. The van der Waals surface area contributed by atoms with Crippen molar-refractivity contribution in [1.82, 2.24) is 30.1 Å². The lowest BCUT2D eigenvalue weighted by atomic mass is 10.0. The van der Waals surface area contributed by atoms with Crippen LogP contribution in [-0.2, 0) is 17.8 Å². The lowest BCUT2D eigenvalue weighted by Gasteiger charge is -2.30. The third-order valence-electron chi connectivity index (χ3n) is 5.98. The van der Waals surface area contributed by atoms with Crippen LogP contribution in [0.15, 0.2) is 53.3 Å². The molecule has 0 unspecified atom stereocenters. The Morgan fingerprint density at radius 2 is 1.80 bits per heavy atom. The molecule has 10 nitrogen and oxygen atoms in total. The Balaban J connectivity index is 1.88. The SMILES string of the molecule is CCN(Cc1ccccc1)[C@@H](c1cc2cc(OC)c(OC)cc2[nH]c1=O)c1nnnn1CCOC. The molecule has 0 amide bonds. The number of H-pyrrole nitrogens is 1. The van der Waals surface area contributed by atoms with Gasteiger partial charge in [0, 0.05) is 30.7 Å². The van der Waals surface area contributed by atoms with Gasteiger partial charge in [-0.3, -0.25) is 9.69 Å². The molecule has 0 aliphatic rings. The van der Waals surface area contributed by atoms with Crippen molar-refractivity contribution in [2.45, 2.75) is 26.1 Å². The van der Waals surface area contributed by atoms with Crippen LogP contribution in [0.2, 0.25) is 0 Å². The molecule has 0 aliphatic carbocycles. The summed E-state index contributed by atoms with van der Waals surface area (Å²) in [6.45, 7) is 4.25. The lowest BCUT2D eigenvalue weighted by molar-refractivity contribution is 0.174. The predicted molar refractivity (Wildman–Crippen MR) is 132 cm³/mol. The summed E-state index contributed by atoms with van der Waals surface area (Å²) in [4.78, 5) is 18.7. The molecule has 4 rings (SSSR count). The fourth-order valence-electron chi connectivity index (χ4n) is 4.20. The van der Waals surface area contributed by atoms with E-state index in [0.717, 1.165) is 10.9 Å². The van der Waals surface area contributed by atoms with Gasteiger partial charge >= 0.3 is 0 Å². The van der Waals surface area contributed by atoms with Gasteiger partial charge in [0.2, 0.25) is 0 Å². The van der Waals surface area contributed by atoms with Crippen molar-refractivity contribution in [3.05, 3.63) is 75.8 Å². The van der Waals surface area contributed by atoms with Crippen molar-refractivity contribution in [1.29, 1.82) is 0 Å². The van der Waals surface area contributed by atoms with Crippen LogP contribution < -0.4 is 15.0 Å². The molecule has 0 bridgehead atoms. The summed E-state index contributed by atoms with van der Waals surface area (Å²) in [6.07, 6.45) is 0. The number of aromatic nitrogens is 5. The minimum Gasteiger partial charge on any atom is -0.493 e. The third-order valence-corrected chi connectivity index (χ3v) is 5.98. The second-order valence-electron chi connectivity index (χ2n) is 8.05. The van der Waals surface area contributed by atoms with Crippen molar-refractivity contribution in [2.75, 3.05) is 34.5 Å². The van der Waals surface area contributed by atoms with Gasteiger partial charge in [-0.2, -0.15) is 0 Å². The van der Waals surface area contributed by atoms with Gasteiger partial charge in [0.05, 0.1) is 32.9 Å². The van der Waals surface area contributed by atoms with Gasteiger partial charge in [0.1, 0.15) is 6.04 Å². The Morgan fingerprint density at radius 3 is 2.49 bits per heavy atom. The molecule has 1 N–H and O–H groups in total. The molecule has 10 heteroatoms. The van der Waals surface area contributed by atoms with E-state index in [1.165, 1.54) is 0 Å². The normalized spacial score (nSPS) is 12.3. The number of fused-ring (bicyclic) bond motifs is 1. The van der Waals surface area contributed by atoms with Gasteiger partial charge in [-0.25, -0.2) is 4.68 Å². The maximum Gasteiger partial charge on any atom is 0.253 e. The highest BCUT2D eigenvalue weighted by molar-refractivity contribution is 5.83. The number of hydrogen-bond acceptors (Lipinski definition) is 8. The average Bonchev–Trinajstić information content (AvgIpc) is 3.35. The number of ether oxygens (including phenoxy) is 3. The van der Waals surface area contributed by atoms with Crippen LogP contribution in [0, 0.1) is 0 Å². The molecular weight excluding hydrogens is 448 g/mol. The molecule has 2 aromatic carbocycles. The summed E-state index contributed by atoms with van der Waals surface area (Å²) in [5.74, 6) is 1.70.